The van der Waals surface area contributed by atoms with Crippen LogP contribution in [0.4, 0.5) is 5.82 Å². The molecule has 21 heavy (non-hydrogen) atoms. The average molecular weight is 288 g/mol. The summed E-state index contributed by atoms with van der Waals surface area (Å²) in [6, 6.07) is 5.89. The summed E-state index contributed by atoms with van der Waals surface area (Å²) >= 11 is 0. The van der Waals surface area contributed by atoms with E-state index < -0.39 is 18.4 Å². The van der Waals surface area contributed by atoms with Crippen LogP contribution >= 0.6 is 0 Å². The van der Waals surface area contributed by atoms with E-state index >= 15 is 0 Å². The molecule has 0 aliphatic rings. The van der Waals surface area contributed by atoms with Crippen molar-refractivity contribution in [1.29, 1.82) is 0 Å². The first-order valence-corrected chi connectivity index (χ1v) is 6.56. The summed E-state index contributed by atoms with van der Waals surface area (Å²) < 4.78 is 0. The van der Waals surface area contributed by atoms with E-state index in [-0.39, 0.29) is 6.54 Å². The standard InChI is InChI=1S/C14H16N4O3/c1-2-9-3-4-11-10(5-9)14(18-8-17-11)16-6-12(19)15-7-13(20)21/h3-5,8H,2,6-7H2,1H3,(H,15,19)(H,20,21)(H,16,17,18). The number of carbonyl (C=O) groups excluding carboxylic acids is 1. The number of amides is 1. The summed E-state index contributed by atoms with van der Waals surface area (Å²) in [6.45, 7) is 1.61. The number of fused-ring (bicyclic) bond motifs is 1. The Balaban J connectivity index is 2.11. The molecule has 7 heteroatoms. The number of aryl methyl sites for hydroxylation is 1. The van der Waals surface area contributed by atoms with Crippen LogP contribution in [-0.4, -0.2) is 40.0 Å². The van der Waals surface area contributed by atoms with Crippen LogP contribution in [0.2, 0.25) is 0 Å². The van der Waals surface area contributed by atoms with Crippen molar-refractivity contribution in [3.8, 4) is 0 Å². The lowest BCUT2D eigenvalue weighted by Gasteiger charge is -2.09. The molecule has 0 unspecified atom stereocenters. The zero-order chi connectivity index (χ0) is 15.2. The number of hydrogen-bond acceptors (Lipinski definition) is 5. The van der Waals surface area contributed by atoms with Crippen LogP contribution < -0.4 is 10.6 Å². The van der Waals surface area contributed by atoms with Crippen molar-refractivity contribution in [3.63, 3.8) is 0 Å². The second-order valence-corrected chi connectivity index (χ2v) is 4.45. The fourth-order valence-electron chi connectivity index (χ4n) is 1.87. The molecule has 0 spiro atoms. The van der Waals surface area contributed by atoms with Gasteiger partial charge in [-0.05, 0) is 24.1 Å². The van der Waals surface area contributed by atoms with Crippen LogP contribution in [0.1, 0.15) is 12.5 Å². The summed E-state index contributed by atoms with van der Waals surface area (Å²) in [6.07, 6.45) is 2.31. The lowest BCUT2D eigenvalue weighted by atomic mass is 10.1. The molecule has 0 atom stereocenters. The van der Waals surface area contributed by atoms with Gasteiger partial charge in [-0.3, -0.25) is 9.59 Å². The monoisotopic (exact) mass is 288 g/mol. The van der Waals surface area contributed by atoms with Crippen molar-refractivity contribution in [2.75, 3.05) is 18.4 Å². The molecule has 0 aliphatic heterocycles. The van der Waals surface area contributed by atoms with Gasteiger partial charge in [0.25, 0.3) is 0 Å². The number of hydrogen-bond donors (Lipinski definition) is 3. The molecule has 110 valence electrons. The van der Waals surface area contributed by atoms with Gasteiger partial charge in [-0.25, -0.2) is 9.97 Å². The van der Waals surface area contributed by atoms with Gasteiger partial charge in [0.15, 0.2) is 0 Å². The third-order valence-electron chi connectivity index (χ3n) is 2.96. The minimum Gasteiger partial charge on any atom is -0.480 e. The van der Waals surface area contributed by atoms with E-state index in [2.05, 4.69) is 27.5 Å². The molecule has 0 bridgehead atoms. The van der Waals surface area contributed by atoms with Crippen molar-refractivity contribution in [1.82, 2.24) is 15.3 Å². The van der Waals surface area contributed by atoms with Crippen LogP contribution in [0.5, 0.6) is 0 Å². The number of carboxylic acid groups (broad SMARTS) is 1. The summed E-state index contributed by atoms with van der Waals surface area (Å²) in [5, 5.41) is 14.5. The fraction of sp³-hybridized carbons (Fsp3) is 0.286. The molecule has 1 heterocycles. The topological polar surface area (TPSA) is 104 Å². The maximum Gasteiger partial charge on any atom is 0.322 e. The summed E-state index contributed by atoms with van der Waals surface area (Å²) in [4.78, 5) is 30.2. The minimum atomic E-state index is -1.08. The summed E-state index contributed by atoms with van der Waals surface area (Å²) in [7, 11) is 0. The zero-order valence-corrected chi connectivity index (χ0v) is 11.6. The molecule has 1 amide bonds. The third kappa shape index (κ3) is 3.88. The van der Waals surface area contributed by atoms with Gasteiger partial charge in [-0.1, -0.05) is 13.0 Å². The highest BCUT2D eigenvalue weighted by atomic mass is 16.4. The second kappa shape index (κ2) is 6.65. The molecule has 0 saturated heterocycles. The average Bonchev–Trinajstić information content (AvgIpc) is 2.50. The van der Waals surface area contributed by atoms with E-state index in [9.17, 15) is 9.59 Å². The highest BCUT2D eigenvalue weighted by Gasteiger charge is 2.07. The summed E-state index contributed by atoms with van der Waals surface area (Å²) in [5.41, 5.74) is 1.94. The van der Waals surface area contributed by atoms with Crippen molar-refractivity contribution in [2.45, 2.75) is 13.3 Å². The Morgan fingerprint density at radius 2 is 2.05 bits per heavy atom. The first-order chi connectivity index (χ1) is 10.1. The third-order valence-corrected chi connectivity index (χ3v) is 2.96. The maximum atomic E-state index is 11.5. The Morgan fingerprint density at radius 3 is 2.76 bits per heavy atom. The number of anilines is 1. The van der Waals surface area contributed by atoms with Crippen LogP contribution in [0, 0.1) is 0 Å². The molecule has 0 aliphatic carbocycles. The smallest absolute Gasteiger partial charge is 0.322 e. The number of rotatable bonds is 6. The van der Waals surface area contributed by atoms with Gasteiger partial charge in [0.2, 0.25) is 5.91 Å². The van der Waals surface area contributed by atoms with Crippen molar-refractivity contribution >= 4 is 28.6 Å². The Kier molecular flexibility index (Phi) is 4.65. The number of nitrogens with zero attached hydrogens (tertiary/aromatic N) is 2. The molecule has 0 saturated carbocycles. The largest absolute Gasteiger partial charge is 0.480 e. The molecule has 7 nitrogen and oxygen atoms in total. The van der Waals surface area contributed by atoms with Gasteiger partial charge in [-0.15, -0.1) is 0 Å². The predicted octanol–water partition coefficient (Wildman–Crippen LogP) is 0.805. The molecular formula is C14H16N4O3. The zero-order valence-electron chi connectivity index (χ0n) is 11.6. The lowest BCUT2D eigenvalue weighted by molar-refractivity contribution is -0.137. The van der Waals surface area contributed by atoms with E-state index in [1.165, 1.54) is 6.33 Å². The molecule has 3 N–H and O–H groups in total. The van der Waals surface area contributed by atoms with Gasteiger partial charge in [0.1, 0.15) is 18.7 Å². The first-order valence-electron chi connectivity index (χ1n) is 6.56. The molecule has 2 rings (SSSR count). The van der Waals surface area contributed by atoms with Crippen molar-refractivity contribution < 1.29 is 14.7 Å². The summed E-state index contributed by atoms with van der Waals surface area (Å²) in [5.74, 6) is -0.931. The van der Waals surface area contributed by atoms with Gasteiger partial charge in [0, 0.05) is 5.39 Å². The highest BCUT2D eigenvalue weighted by molar-refractivity contribution is 5.91. The Hall–Kier alpha value is -2.70. The Bertz CT molecular complexity index is 672. The van der Waals surface area contributed by atoms with Crippen LogP contribution in [-0.2, 0) is 16.0 Å². The molecule has 0 fully saturated rings. The minimum absolute atomic E-state index is 0.0459. The number of benzene rings is 1. The highest BCUT2D eigenvalue weighted by Crippen LogP contribution is 2.20. The van der Waals surface area contributed by atoms with E-state index in [1.54, 1.807) is 0 Å². The Labute approximate surface area is 121 Å². The van der Waals surface area contributed by atoms with Crippen LogP contribution in [0.3, 0.4) is 0 Å². The van der Waals surface area contributed by atoms with Crippen LogP contribution in [0.25, 0.3) is 10.9 Å². The van der Waals surface area contributed by atoms with E-state index in [0.717, 1.165) is 22.9 Å². The molecule has 1 aromatic carbocycles. The molecular weight excluding hydrogens is 272 g/mol. The van der Waals surface area contributed by atoms with E-state index in [0.29, 0.717) is 5.82 Å². The normalized spacial score (nSPS) is 10.3. The van der Waals surface area contributed by atoms with Crippen LogP contribution in [0.15, 0.2) is 24.5 Å². The van der Waals surface area contributed by atoms with Gasteiger partial charge in [0.05, 0.1) is 12.1 Å². The lowest BCUT2D eigenvalue weighted by Crippen LogP contribution is -2.34. The van der Waals surface area contributed by atoms with E-state index in [1.807, 2.05) is 18.2 Å². The Morgan fingerprint density at radius 1 is 1.24 bits per heavy atom. The van der Waals surface area contributed by atoms with Gasteiger partial charge >= 0.3 is 5.97 Å². The van der Waals surface area contributed by atoms with E-state index in [4.69, 9.17) is 5.11 Å². The first kappa shape index (κ1) is 14.7. The second-order valence-electron chi connectivity index (χ2n) is 4.45. The number of carboxylic acids is 1. The maximum absolute atomic E-state index is 11.5. The molecule has 0 radical (unpaired) electrons. The van der Waals surface area contributed by atoms with Crippen molar-refractivity contribution in [2.24, 2.45) is 0 Å². The van der Waals surface area contributed by atoms with Gasteiger partial charge in [-0.2, -0.15) is 0 Å². The predicted molar refractivity (Wildman–Crippen MR) is 78.1 cm³/mol. The van der Waals surface area contributed by atoms with Crippen molar-refractivity contribution in [3.05, 3.63) is 30.1 Å². The molecule has 2 aromatic rings. The molecule has 1 aromatic heterocycles. The quantitative estimate of drug-likeness (QED) is 0.726. The number of aliphatic carboxylic acids is 1. The number of aromatic nitrogens is 2. The number of carbonyl (C=O) groups is 2. The fourth-order valence-corrected chi connectivity index (χ4v) is 1.87. The SMILES string of the molecule is CCc1ccc2ncnc(NCC(=O)NCC(=O)O)c2c1. The van der Waals surface area contributed by atoms with Gasteiger partial charge < -0.3 is 15.7 Å². The number of nitrogens with one attached hydrogen (secondary N) is 2.